The minimum absolute atomic E-state index is 0.224. The van der Waals surface area contributed by atoms with Gasteiger partial charge in [0.2, 0.25) is 5.91 Å². The number of amides is 1. The predicted octanol–water partition coefficient (Wildman–Crippen LogP) is 2.45. The number of thiocarbonyl (C=S) groups is 1. The molecule has 0 fully saturated rings. The van der Waals surface area contributed by atoms with Gasteiger partial charge in [-0.2, -0.15) is 0 Å². The Balaban J connectivity index is 2.56. The van der Waals surface area contributed by atoms with E-state index in [2.05, 4.69) is 5.32 Å². The smallest absolute Gasteiger partial charge is 0.250 e. The topological polar surface area (TPSA) is 41.6 Å². The Labute approximate surface area is 125 Å². The number of hydrogen-bond donors (Lipinski definition) is 1. The van der Waals surface area contributed by atoms with E-state index in [9.17, 15) is 4.79 Å². The highest BCUT2D eigenvalue weighted by molar-refractivity contribution is 7.80. The fourth-order valence-corrected chi connectivity index (χ4v) is 1.98. The standard InChI is InChI=1S/C15H20N2O2S/c1-4-17(5-2)15(20)16-14(18)11-8-12-6-9-13(19-3)10-7-12/h6-11H,4-5H2,1-3H3,(H,16,18,20)/b11-8+. The molecular weight excluding hydrogens is 272 g/mol. The van der Waals surface area contributed by atoms with Gasteiger partial charge in [0, 0.05) is 19.2 Å². The number of carbonyl (C=O) groups excluding carboxylic acids is 1. The lowest BCUT2D eigenvalue weighted by molar-refractivity contribution is -0.115. The molecule has 1 aromatic carbocycles. The van der Waals surface area contributed by atoms with Gasteiger partial charge in [-0.05, 0) is 49.8 Å². The van der Waals surface area contributed by atoms with E-state index in [1.165, 1.54) is 6.08 Å². The first-order valence-electron chi connectivity index (χ1n) is 6.52. The van der Waals surface area contributed by atoms with Gasteiger partial charge in [0.05, 0.1) is 7.11 Å². The minimum Gasteiger partial charge on any atom is -0.497 e. The maximum Gasteiger partial charge on any atom is 0.250 e. The summed E-state index contributed by atoms with van der Waals surface area (Å²) in [5, 5.41) is 3.14. The molecule has 108 valence electrons. The van der Waals surface area contributed by atoms with Crippen LogP contribution in [-0.4, -0.2) is 36.1 Å². The fraction of sp³-hybridized carbons (Fsp3) is 0.333. The summed E-state index contributed by atoms with van der Waals surface area (Å²) in [7, 11) is 1.62. The molecule has 0 aliphatic carbocycles. The van der Waals surface area contributed by atoms with Crippen LogP contribution >= 0.6 is 12.2 Å². The molecule has 0 atom stereocenters. The number of benzene rings is 1. The maximum atomic E-state index is 11.7. The third kappa shape index (κ3) is 5.01. The molecule has 0 spiro atoms. The molecule has 20 heavy (non-hydrogen) atoms. The molecule has 0 saturated carbocycles. The quantitative estimate of drug-likeness (QED) is 0.668. The van der Waals surface area contributed by atoms with Crippen LogP contribution in [0.25, 0.3) is 6.08 Å². The lowest BCUT2D eigenvalue weighted by Crippen LogP contribution is -2.41. The summed E-state index contributed by atoms with van der Waals surface area (Å²) in [6.45, 7) is 5.54. The fourth-order valence-electron chi connectivity index (χ4n) is 1.62. The largest absolute Gasteiger partial charge is 0.497 e. The lowest BCUT2D eigenvalue weighted by atomic mass is 10.2. The van der Waals surface area contributed by atoms with Crippen molar-refractivity contribution in [2.45, 2.75) is 13.8 Å². The zero-order valence-corrected chi connectivity index (χ0v) is 12.9. The van der Waals surface area contributed by atoms with E-state index in [-0.39, 0.29) is 5.91 Å². The van der Waals surface area contributed by atoms with E-state index in [1.54, 1.807) is 13.2 Å². The second-order valence-electron chi connectivity index (χ2n) is 4.07. The molecule has 0 saturated heterocycles. The van der Waals surface area contributed by atoms with Gasteiger partial charge in [0.1, 0.15) is 5.75 Å². The Morgan fingerprint density at radius 2 is 1.90 bits per heavy atom. The number of hydrogen-bond acceptors (Lipinski definition) is 3. The highest BCUT2D eigenvalue weighted by atomic mass is 32.1. The molecule has 1 aromatic rings. The Kier molecular flexibility index (Phi) is 6.73. The van der Waals surface area contributed by atoms with Crippen molar-refractivity contribution in [3.63, 3.8) is 0 Å². The van der Waals surface area contributed by atoms with Crippen molar-refractivity contribution in [1.29, 1.82) is 0 Å². The van der Waals surface area contributed by atoms with E-state index in [0.717, 1.165) is 24.4 Å². The summed E-state index contributed by atoms with van der Waals surface area (Å²) in [5.41, 5.74) is 0.926. The van der Waals surface area contributed by atoms with Crippen LogP contribution < -0.4 is 10.1 Å². The van der Waals surface area contributed by atoms with Gasteiger partial charge in [-0.15, -0.1) is 0 Å². The van der Waals surface area contributed by atoms with E-state index in [1.807, 2.05) is 43.0 Å². The van der Waals surface area contributed by atoms with Crippen LogP contribution in [0.1, 0.15) is 19.4 Å². The second kappa shape index (κ2) is 8.32. The Morgan fingerprint density at radius 1 is 1.30 bits per heavy atom. The van der Waals surface area contributed by atoms with Gasteiger partial charge in [0.15, 0.2) is 5.11 Å². The first-order chi connectivity index (χ1) is 9.60. The normalized spacial score (nSPS) is 10.3. The molecule has 0 aliphatic rings. The molecule has 1 amide bonds. The second-order valence-corrected chi connectivity index (χ2v) is 4.46. The molecule has 0 aliphatic heterocycles. The van der Waals surface area contributed by atoms with Gasteiger partial charge in [-0.25, -0.2) is 0 Å². The van der Waals surface area contributed by atoms with Crippen molar-refractivity contribution in [3.8, 4) is 5.75 Å². The molecule has 0 radical (unpaired) electrons. The molecule has 0 heterocycles. The lowest BCUT2D eigenvalue weighted by Gasteiger charge is -2.21. The van der Waals surface area contributed by atoms with Crippen LogP contribution in [0, 0.1) is 0 Å². The molecule has 1 rings (SSSR count). The predicted molar refractivity (Wildman–Crippen MR) is 85.7 cm³/mol. The minimum atomic E-state index is -0.224. The number of ether oxygens (including phenoxy) is 1. The van der Waals surface area contributed by atoms with Crippen LogP contribution in [0.15, 0.2) is 30.3 Å². The maximum absolute atomic E-state index is 11.7. The molecule has 0 aromatic heterocycles. The molecule has 5 heteroatoms. The molecule has 0 unspecified atom stereocenters. The summed E-state index contributed by atoms with van der Waals surface area (Å²) < 4.78 is 5.07. The van der Waals surface area contributed by atoms with Crippen molar-refractivity contribution < 1.29 is 9.53 Å². The average Bonchev–Trinajstić information content (AvgIpc) is 2.47. The third-order valence-electron chi connectivity index (χ3n) is 2.82. The zero-order chi connectivity index (χ0) is 15.0. The monoisotopic (exact) mass is 292 g/mol. The van der Waals surface area contributed by atoms with Gasteiger partial charge in [0.25, 0.3) is 0 Å². The van der Waals surface area contributed by atoms with Crippen LogP contribution in [0.4, 0.5) is 0 Å². The molecule has 4 nitrogen and oxygen atoms in total. The number of nitrogens with zero attached hydrogens (tertiary/aromatic N) is 1. The Morgan fingerprint density at radius 3 is 2.40 bits per heavy atom. The van der Waals surface area contributed by atoms with Crippen molar-refractivity contribution in [1.82, 2.24) is 10.2 Å². The van der Waals surface area contributed by atoms with Crippen molar-refractivity contribution in [3.05, 3.63) is 35.9 Å². The third-order valence-corrected chi connectivity index (χ3v) is 3.18. The highest BCUT2D eigenvalue weighted by Crippen LogP contribution is 2.12. The van der Waals surface area contributed by atoms with Gasteiger partial charge in [-0.1, -0.05) is 12.1 Å². The van der Waals surface area contributed by atoms with E-state index in [4.69, 9.17) is 17.0 Å². The van der Waals surface area contributed by atoms with E-state index in [0.29, 0.717) is 5.11 Å². The summed E-state index contributed by atoms with van der Waals surface area (Å²) in [4.78, 5) is 13.7. The number of carbonyl (C=O) groups is 1. The first kappa shape index (κ1) is 16.2. The summed E-state index contributed by atoms with van der Waals surface area (Å²) in [6.07, 6.45) is 3.21. The zero-order valence-electron chi connectivity index (χ0n) is 12.1. The number of methoxy groups -OCH3 is 1. The van der Waals surface area contributed by atoms with Crippen LogP contribution in [0.2, 0.25) is 0 Å². The highest BCUT2D eigenvalue weighted by Gasteiger charge is 2.06. The molecular formula is C15H20N2O2S. The van der Waals surface area contributed by atoms with Crippen LogP contribution in [0.5, 0.6) is 5.75 Å². The van der Waals surface area contributed by atoms with Gasteiger partial charge < -0.3 is 9.64 Å². The Hall–Kier alpha value is -1.88. The van der Waals surface area contributed by atoms with Crippen LogP contribution in [0.3, 0.4) is 0 Å². The van der Waals surface area contributed by atoms with Crippen LogP contribution in [-0.2, 0) is 4.79 Å². The van der Waals surface area contributed by atoms with Gasteiger partial charge in [-0.3, -0.25) is 10.1 Å². The summed E-state index contributed by atoms with van der Waals surface area (Å²) in [6, 6.07) is 7.45. The first-order valence-corrected chi connectivity index (χ1v) is 6.93. The van der Waals surface area contributed by atoms with E-state index >= 15 is 0 Å². The van der Waals surface area contributed by atoms with Crippen molar-refractivity contribution >= 4 is 29.3 Å². The molecule has 1 N–H and O–H groups in total. The number of rotatable bonds is 5. The van der Waals surface area contributed by atoms with Crippen molar-refractivity contribution in [2.75, 3.05) is 20.2 Å². The van der Waals surface area contributed by atoms with Gasteiger partial charge >= 0.3 is 0 Å². The van der Waals surface area contributed by atoms with E-state index < -0.39 is 0 Å². The number of nitrogens with one attached hydrogen (secondary N) is 1. The van der Waals surface area contributed by atoms with Crippen molar-refractivity contribution in [2.24, 2.45) is 0 Å². The average molecular weight is 292 g/mol. The Bertz CT molecular complexity index is 479. The SMILES string of the molecule is CCN(CC)C(=S)NC(=O)/C=C/c1ccc(OC)cc1. The summed E-state index contributed by atoms with van der Waals surface area (Å²) in [5.74, 6) is 0.562. The molecule has 0 bridgehead atoms. The summed E-state index contributed by atoms with van der Waals surface area (Å²) >= 11 is 5.16.